The van der Waals surface area contributed by atoms with Gasteiger partial charge in [-0.25, -0.2) is 4.98 Å². The van der Waals surface area contributed by atoms with Crippen molar-refractivity contribution in [2.45, 2.75) is 39.3 Å². The molecule has 0 aliphatic carbocycles. The molecule has 1 unspecified atom stereocenters. The van der Waals surface area contributed by atoms with Crippen LogP contribution in [0.15, 0.2) is 40.1 Å². The summed E-state index contributed by atoms with van der Waals surface area (Å²) in [5, 5.41) is 4.53. The molecule has 0 saturated heterocycles. The van der Waals surface area contributed by atoms with Gasteiger partial charge in [0.05, 0.1) is 16.7 Å². The molecule has 116 valence electrons. The van der Waals surface area contributed by atoms with Crippen LogP contribution in [0.2, 0.25) is 0 Å². The van der Waals surface area contributed by atoms with Crippen molar-refractivity contribution in [1.82, 2.24) is 9.88 Å². The molecule has 0 bridgehead atoms. The number of fused-ring (bicyclic) bond motifs is 1. The van der Waals surface area contributed by atoms with E-state index in [0.29, 0.717) is 5.92 Å². The van der Waals surface area contributed by atoms with E-state index in [-0.39, 0.29) is 6.04 Å². The van der Waals surface area contributed by atoms with Crippen molar-refractivity contribution >= 4 is 22.3 Å². The first-order chi connectivity index (χ1) is 10.5. The molecule has 2 heterocycles. The Morgan fingerprint density at radius 1 is 1.23 bits per heavy atom. The summed E-state index contributed by atoms with van der Waals surface area (Å²) in [4.78, 5) is 6.99. The zero-order chi connectivity index (χ0) is 15.7. The molecule has 0 N–H and O–H groups in total. The highest BCUT2D eigenvalue weighted by atomic mass is 32.1. The van der Waals surface area contributed by atoms with Crippen LogP contribution in [0.25, 0.3) is 11.0 Å². The van der Waals surface area contributed by atoms with Gasteiger partial charge in [-0.1, -0.05) is 32.0 Å². The number of thiazole rings is 1. The van der Waals surface area contributed by atoms with Crippen LogP contribution in [0, 0.1) is 0 Å². The van der Waals surface area contributed by atoms with Gasteiger partial charge in [-0.3, -0.25) is 4.90 Å². The van der Waals surface area contributed by atoms with Crippen LogP contribution in [-0.2, 0) is 6.54 Å². The first-order valence-corrected chi connectivity index (χ1v) is 8.55. The van der Waals surface area contributed by atoms with Crippen molar-refractivity contribution in [3.05, 3.63) is 52.2 Å². The summed E-state index contributed by atoms with van der Waals surface area (Å²) in [6.07, 6.45) is 0. The number of hydrogen-bond acceptors (Lipinski definition) is 4. The van der Waals surface area contributed by atoms with E-state index in [1.165, 1.54) is 5.01 Å². The molecule has 3 rings (SSSR count). The van der Waals surface area contributed by atoms with Crippen LogP contribution in [0.5, 0.6) is 0 Å². The molecule has 0 aliphatic rings. The van der Waals surface area contributed by atoms with Crippen LogP contribution in [0.3, 0.4) is 0 Å². The lowest BCUT2D eigenvalue weighted by Crippen LogP contribution is -2.21. The predicted octanol–water partition coefficient (Wildman–Crippen LogP) is 5.21. The van der Waals surface area contributed by atoms with Gasteiger partial charge in [-0.15, -0.1) is 11.3 Å². The van der Waals surface area contributed by atoms with Crippen molar-refractivity contribution in [3.8, 4) is 0 Å². The molecule has 2 aromatic heterocycles. The van der Waals surface area contributed by atoms with E-state index >= 15 is 0 Å². The van der Waals surface area contributed by atoms with E-state index in [1.54, 1.807) is 11.3 Å². The summed E-state index contributed by atoms with van der Waals surface area (Å²) in [7, 11) is 2.12. The number of para-hydroxylation sites is 1. The molecule has 22 heavy (non-hydrogen) atoms. The van der Waals surface area contributed by atoms with E-state index in [0.717, 1.165) is 29.0 Å². The monoisotopic (exact) mass is 314 g/mol. The van der Waals surface area contributed by atoms with Crippen LogP contribution in [0.1, 0.15) is 49.2 Å². The average Bonchev–Trinajstić information content (AvgIpc) is 3.12. The van der Waals surface area contributed by atoms with Gasteiger partial charge in [0.25, 0.3) is 0 Å². The molecule has 4 heteroatoms. The molecule has 0 radical (unpaired) electrons. The maximum Gasteiger partial charge on any atom is 0.134 e. The molecular formula is C18H22N2OS. The van der Waals surface area contributed by atoms with Gasteiger partial charge in [-0.2, -0.15) is 0 Å². The fourth-order valence-electron chi connectivity index (χ4n) is 2.48. The third kappa shape index (κ3) is 3.08. The minimum absolute atomic E-state index is 0.219. The summed E-state index contributed by atoms with van der Waals surface area (Å²) in [5.41, 5.74) is 2.09. The van der Waals surface area contributed by atoms with Gasteiger partial charge >= 0.3 is 0 Å². The minimum Gasteiger partial charge on any atom is -0.459 e. The molecule has 0 saturated carbocycles. The molecule has 1 atom stereocenters. The fourth-order valence-corrected chi connectivity index (χ4v) is 3.30. The van der Waals surface area contributed by atoms with Gasteiger partial charge in [-0.05, 0) is 26.1 Å². The van der Waals surface area contributed by atoms with E-state index in [4.69, 9.17) is 9.40 Å². The van der Waals surface area contributed by atoms with Crippen LogP contribution in [-0.4, -0.2) is 16.9 Å². The largest absolute Gasteiger partial charge is 0.459 e. The Balaban J connectivity index is 1.74. The molecule has 3 nitrogen and oxygen atoms in total. The highest BCUT2D eigenvalue weighted by Crippen LogP contribution is 2.28. The van der Waals surface area contributed by atoms with Gasteiger partial charge < -0.3 is 4.42 Å². The topological polar surface area (TPSA) is 29.3 Å². The van der Waals surface area contributed by atoms with E-state index in [9.17, 15) is 0 Å². The first-order valence-electron chi connectivity index (χ1n) is 7.67. The van der Waals surface area contributed by atoms with Crippen molar-refractivity contribution in [3.63, 3.8) is 0 Å². The minimum atomic E-state index is 0.219. The summed E-state index contributed by atoms with van der Waals surface area (Å²) in [6, 6.07) is 10.5. The van der Waals surface area contributed by atoms with Crippen molar-refractivity contribution < 1.29 is 4.42 Å². The van der Waals surface area contributed by atoms with E-state index in [2.05, 4.69) is 50.2 Å². The van der Waals surface area contributed by atoms with Crippen molar-refractivity contribution in [2.24, 2.45) is 0 Å². The van der Waals surface area contributed by atoms with Gasteiger partial charge in [0.15, 0.2) is 0 Å². The molecule has 0 fully saturated rings. The second-order valence-corrected chi connectivity index (χ2v) is 7.00. The quantitative estimate of drug-likeness (QED) is 0.647. The Bertz CT molecular complexity index is 726. The zero-order valence-electron chi connectivity index (χ0n) is 13.5. The van der Waals surface area contributed by atoms with Crippen LogP contribution in [0.4, 0.5) is 0 Å². The Labute approximate surface area is 135 Å². The number of furan rings is 1. The molecular weight excluding hydrogens is 292 g/mol. The summed E-state index contributed by atoms with van der Waals surface area (Å²) in [6.45, 7) is 7.38. The lowest BCUT2D eigenvalue weighted by Gasteiger charge is -2.21. The molecule has 0 spiro atoms. The van der Waals surface area contributed by atoms with Gasteiger partial charge in [0.1, 0.15) is 11.3 Å². The van der Waals surface area contributed by atoms with Crippen LogP contribution < -0.4 is 0 Å². The lowest BCUT2D eigenvalue weighted by atomic mass is 10.2. The fraction of sp³-hybridized carbons (Fsp3) is 0.389. The van der Waals surface area contributed by atoms with Crippen LogP contribution >= 0.6 is 11.3 Å². The molecule has 0 aliphatic heterocycles. The Morgan fingerprint density at radius 3 is 2.68 bits per heavy atom. The average molecular weight is 314 g/mol. The highest BCUT2D eigenvalue weighted by molar-refractivity contribution is 7.09. The summed E-state index contributed by atoms with van der Waals surface area (Å²) >= 11 is 1.75. The SMILES string of the molecule is CC(C)c1nc(CN(C)C(C)c2cc3ccccc3o2)cs1. The summed E-state index contributed by atoms with van der Waals surface area (Å²) in [5.74, 6) is 1.50. The normalized spacial score (nSPS) is 13.4. The Morgan fingerprint density at radius 2 is 2.00 bits per heavy atom. The van der Waals surface area contributed by atoms with Crippen molar-refractivity contribution in [1.29, 1.82) is 0 Å². The Kier molecular flexibility index (Phi) is 4.32. The number of rotatable bonds is 5. The lowest BCUT2D eigenvalue weighted by molar-refractivity contribution is 0.224. The molecule has 1 aromatic carbocycles. The Hall–Kier alpha value is -1.65. The first kappa shape index (κ1) is 15.3. The van der Waals surface area contributed by atoms with Gasteiger partial charge in [0, 0.05) is 23.2 Å². The smallest absolute Gasteiger partial charge is 0.134 e. The predicted molar refractivity (Wildman–Crippen MR) is 92.3 cm³/mol. The zero-order valence-corrected chi connectivity index (χ0v) is 14.4. The molecule has 0 amide bonds. The summed E-state index contributed by atoms with van der Waals surface area (Å²) < 4.78 is 5.97. The van der Waals surface area contributed by atoms with E-state index < -0.39 is 0 Å². The maximum absolute atomic E-state index is 5.97. The third-order valence-corrected chi connectivity index (χ3v) is 5.19. The molecule has 3 aromatic rings. The number of hydrogen-bond donors (Lipinski definition) is 0. The number of nitrogens with zero attached hydrogens (tertiary/aromatic N) is 2. The van der Waals surface area contributed by atoms with E-state index in [1.807, 2.05) is 18.2 Å². The number of aromatic nitrogens is 1. The van der Waals surface area contributed by atoms with Gasteiger partial charge in [0.2, 0.25) is 0 Å². The highest BCUT2D eigenvalue weighted by Gasteiger charge is 2.17. The maximum atomic E-state index is 5.97. The third-order valence-electron chi connectivity index (χ3n) is 3.99. The second-order valence-electron chi connectivity index (χ2n) is 6.11. The number of benzene rings is 1. The second kappa shape index (κ2) is 6.23. The van der Waals surface area contributed by atoms with Crippen molar-refractivity contribution in [2.75, 3.05) is 7.05 Å². The standard InChI is InChI=1S/C18H22N2OS/c1-12(2)18-19-15(11-22-18)10-20(4)13(3)17-9-14-7-5-6-8-16(14)21-17/h5-9,11-13H,10H2,1-4H3.